The van der Waals surface area contributed by atoms with Crippen molar-refractivity contribution >= 4 is 33.3 Å². The van der Waals surface area contributed by atoms with E-state index in [1.165, 1.54) is 19.1 Å². The quantitative estimate of drug-likeness (QED) is 0.622. The maximum atomic E-state index is 12.4. The van der Waals surface area contributed by atoms with Crippen LogP contribution in [0.3, 0.4) is 0 Å². The van der Waals surface area contributed by atoms with E-state index in [-0.39, 0.29) is 11.6 Å². The number of carboxylic acid groups (broad SMARTS) is 1. The third kappa shape index (κ3) is 3.69. The molecule has 0 spiro atoms. The van der Waals surface area contributed by atoms with Crippen LogP contribution in [0.2, 0.25) is 5.02 Å². The fraction of sp³-hybridized carbons (Fsp3) is 0.364. The Hall–Kier alpha value is -1.71. The van der Waals surface area contributed by atoms with Crippen LogP contribution in [0.5, 0.6) is 0 Å². The van der Waals surface area contributed by atoms with Crippen molar-refractivity contribution in [2.24, 2.45) is 5.92 Å². The summed E-state index contributed by atoms with van der Waals surface area (Å²) >= 11 is 5.77. The minimum absolute atomic E-state index is 0.293. The number of sulfonamides is 1. The van der Waals surface area contributed by atoms with Crippen molar-refractivity contribution in [3.63, 3.8) is 0 Å². The number of halogens is 1. The average Bonchev–Trinajstić information content (AvgIpc) is 2.37. The van der Waals surface area contributed by atoms with E-state index in [9.17, 15) is 23.3 Å². The molecular formula is C11H13ClN2O6S. The van der Waals surface area contributed by atoms with Crippen molar-refractivity contribution < 1.29 is 23.2 Å². The second-order valence-corrected chi connectivity index (χ2v) is 6.76. The summed E-state index contributed by atoms with van der Waals surface area (Å²) in [5.74, 6) is -2.14. The zero-order valence-corrected chi connectivity index (χ0v) is 12.8. The van der Waals surface area contributed by atoms with Gasteiger partial charge in [-0.25, -0.2) is 8.42 Å². The number of nitro benzene ring substituents is 1. The van der Waals surface area contributed by atoms with Gasteiger partial charge < -0.3 is 5.11 Å². The molecule has 0 saturated heterocycles. The molecule has 1 rings (SSSR count). The van der Waals surface area contributed by atoms with Gasteiger partial charge in [0, 0.05) is 19.7 Å². The Morgan fingerprint density at radius 2 is 2.10 bits per heavy atom. The molecule has 116 valence electrons. The molecule has 1 N–H and O–H groups in total. The first-order valence-electron chi connectivity index (χ1n) is 5.71. The van der Waals surface area contributed by atoms with Crippen molar-refractivity contribution in [1.29, 1.82) is 0 Å². The smallest absolute Gasteiger partial charge is 0.307 e. The first-order chi connectivity index (χ1) is 9.59. The van der Waals surface area contributed by atoms with Crippen LogP contribution in [0, 0.1) is 16.0 Å². The van der Waals surface area contributed by atoms with Crippen LogP contribution in [-0.4, -0.2) is 42.3 Å². The second-order valence-electron chi connectivity index (χ2n) is 4.37. The highest BCUT2D eigenvalue weighted by Gasteiger charge is 2.33. The molecule has 0 bridgehead atoms. The monoisotopic (exact) mass is 336 g/mol. The van der Waals surface area contributed by atoms with Gasteiger partial charge in [-0.15, -0.1) is 0 Å². The van der Waals surface area contributed by atoms with E-state index in [0.717, 1.165) is 17.4 Å². The van der Waals surface area contributed by atoms with E-state index in [2.05, 4.69) is 0 Å². The van der Waals surface area contributed by atoms with Crippen LogP contribution >= 0.6 is 11.6 Å². The molecule has 0 radical (unpaired) electrons. The number of carboxylic acids is 1. The molecule has 0 aromatic heterocycles. The third-order valence-electron chi connectivity index (χ3n) is 2.76. The van der Waals surface area contributed by atoms with Crippen LogP contribution in [0.1, 0.15) is 6.92 Å². The average molecular weight is 337 g/mol. The highest BCUT2D eigenvalue weighted by Crippen LogP contribution is 2.32. The van der Waals surface area contributed by atoms with Crippen molar-refractivity contribution in [2.75, 3.05) is 13.6 Å². The first kappa shape index (κ1) is 17.3. The summed E-state index contributed by atoms with van der Waals surface area (Å²) in [6, 6.07) is 3.50. The number of aliphatic carboxylic acids is 1. The van der Waals surface area contributed by atoms with E-state index in [1.54, 1.807) is 0 Å². The lowest BCUT2D eigenvalue weighted by Gasteiger charge is -2.19. The van der Waals surface area contributed by atoms with Crippen LogP contribution in [0.4, 0.5) is 5.69 Å². The predicted octanol–water partition coefficient (Wildman–Crippen LogP) is 1.59. The molecule has 1 unspecified atom stereocenters. The fourth-order valence-electron chi connectivity index (χ4n) is 1.61. The minimum Gasteiger partial charge on any atom is -0.481 e. The summed E-state index contributed by atoms with van der Waals surface area (Å²) < 4.78 is 25.5. The summed E-state index contributed by atoms with van der Waals surface area (Å²) in [4.78, 5) is 20.2. The lowest BCUT2D eigenvalue weighted by Crippen LogP contribution is -2.34. The normalized spacial score (nSPS) is 13.1. The number of benzene rings is 1. The van der Waals surface area contributed by atoms with Crippen LogP contribution in [0.25, 0.3) is 0 Å². The van der Waals surface area contributed by atoms with Gasteiger partial charge in [0.15, 0.2) is 4.90 Å². The van der Waals surface area contributed by atoms with Gasteiger partial charge in [-0.05, 0) is 6.07 Å². The largest absolute Gasteiger partial charge is 0.481 e. The molecule has 1 atom stereocenters. The lowest BCUT2D eigenvalue weighted by atomic mass is 10.2. The minimum atomic E-state index is -4.28. The molecule has 21 heavy (non-hydrogen) atoms. The van der Waals surface area contributed by atoms with Gasteiger partial charge in [-0.1, -0.05) is 24.6 Å². The van der Waals surface area contributed by atoms with E-state index >= 15 is 0 Å². The standard InChI is InChI=1S/C11H13ClN2O6S/c1-7(11(15)16)6-13(2)21(19,20)10-8(12)4-3-5-9(10)14(17)18/h3-5,7H,6H2,1-2H3,(H,15,16). The van der Waals surface area contributed by atoms with E-state index in [1.807, 2.05) is 0 Å². The Morgan fingerprint density at radius 1 is 1.52 bits per heavy atom. The predicted molar refractivity (Wildman–Crippen MR) is 74.7 cm³/mol. The highest BCUT2D eigenvalue weighted by atomic mass is 35.5. The second kappa shape index (κ2) is 6.37. The Morgan fingerprint density at radius 3 is 2.57 bits per heavy atom. The lowest BCUT2D eigenvalue weighted by molar-refractivity contribution is -0.387. The molecule has 0 aliphatic carbocycles. The van der Waals surface area contributed by atoms with Gasteiger partial charge in [-0.3, -0.25) is 14.9 Å². The van der Waals surface area contributed by atoms with Crippen LogP contribution in [0.15, 0.2) is 23.1 Å². The molecule has 1 aromatic carbocycles. The Labute approximate surface area is 126 Å². The number of carbonyl (C=O) groups is 1. The molecule has 0 aliphatic heterocycles. The fourth-order valence-corrected chi connectivity index (χ4v) is 3.53. The highest BCUT2D eigenvalue weighted by molar-refractivity contribution is 7.89. The van der Waals surface area contributed by atoms with E-state index < -0.39 is 37.4 Å². The Bertz CT molecular complexity index is 675. The summed E-state index contributed by atoms with van der Waals surface area (Å²) in [6.07, 6.45) is 0. The van der Waals surface area contributed by atoms with E-state index in [4.69, 9.17) is 16.7 Å². The third-order valence-corrected chi connectivity index (χ3v) is 5.11. The molecular weight excluding hydrogens is 324 g/mol. The Balaban J connectivity index is 3.32. The molecule has 0 amide bonds. The summed E-state index contributed by atoms with van der Waals surface area (Å²) in [5, 5.41) is 19.5. The van der Waals surface area contributed by atoms with Gasteiger partial charge in [0.2, 0.25) is 0 Å². The SMILES string of the molecule is CC(CN(C)S(=O)(=O)c1c(Cl)cccc1[N+](=O)[O-])C(=O)O. The number of hydrogen-bond acceptors (Lipinski definition) is 5. The maximum absolute atomic E-state index is 12.4. The topological polar surface area (TPSA) is 118 Å². The van der Waals surface area contributed by atoms with Crippen molar-refractivity contribution in [2.45, 2.75) is 11.8 Å². The number of hydrogen-bond donors (Lipinski definition) is 1. The molecule has 0 fully saturated rings. The Kier molecular flexibility index (Phi) is 5.26. The van der Waals surface area contributed by atoms with Gasteiger partial charge in [0.1, 0.15) is 0 Å². The maximum Gasteiger partial charge on any atom is 0.307 e. The van der Waals surface area contributed by atoms with Crippen LogP contribution < -0.4 is 0 Å². The van der Waals surface area contributed by atoms with Crippen molar-refractivity contribution in [3.05, 3.63) is 33.3 Å². The van der Waals surface area contributed by atoms with Gasteiger partial charge in [-0.2, -0.15) is 4.31 Å². The zero-order valence-electron chi connectivity index (χ0n) is 11.2. The molecule has 0 aliphatic rings. The molecule has 0 heterocycles. The number of rotatable bonds is 6. The summed E-state index contributed by atoms with van der Waals surface area (Å²) in [6.45, 7) is 0.995. The first-order valence-corrected chi connectivity index (χ1v) is 7.53. The zero-order chi connectivity index (χ0) is 16.4. The molecule has 10 heteroatoms. The van der Waals surface area contributed by atoms with Gasteiger partial charge in [0.05, 0.1) is 15.9 Å². The van der Waals surface area contributed by atoms with Crippen LogP contribution in [-0.2, 0) is 14.8 Å². The van der Waals surface area contributed by atoms with Gasteiger partial charge >= 0.3 is 5.97 Å². The molecule has 1 aromatic rings. The molecule has 8 nitrogen and oxygen atoms in total. The van der Waals surface area contributed by atoms with Crippen molar-refractivity contribution in [3.8, 4) is 0 Å². The number of nitro groups is 1. The molecule has 0 saturated carbocycles. The van der Waals surface area contributed by atoms with E-state index in [0.29, 0.717) is 0 Å². The van der Waals surface area contributed by atoms with Gasteiger partial charge in [0.25, 0.3) is 15.7 Å². The summed E-state index contributed by atoms with van der Waals surface area (Å²) in [7, 11) is -3.14. The summed E-state index contributed by atoms with van der Waals surface area (Å²) in [5.41, 5.74) is -0.655. The number of nitrogens with zero attached hydrogens (tertiary/aromatic N) is 2. The van der Waals surface area contributed by atoms with Crippen molar-refractivity contribution in [1.82, 2.24) is 4.31 Å².